The molecule has 0 spiro atoms. The molecule has 442 valence electrons. The molecular formula is C52H91N7O18. The number of ether oxygens (including phenoxy) is 4. The number of nitrogens with two attached hydrogens (primary N) is 1. The number of aliphatic hydroxyl groups is 1. The Morgan fingerprint density at radius 2 is 0.740 bits per heavy atom. The van der Waals surface area contributed by atoms with E-state index in [1.54, 1.807) is 0 Å². The molecule has 0 aliphatic carbocycles. The van der Waals surface area contributed by atoms with Gasteiger partial charge in [0.15, 0.2) is 0 Å². The average molecular weight is 1100 g/mol. The van der Waals surface area contributed by atoms with Crippen LogP contribution in [0.4, 0.5) is 0 Å². The zero-order valence-corrected chi connectivity index (χ0v) is 45.1. The zero-order chi connectivity index (χ0) is 57.3. The largest absolute Gasteiger partial charge is 0.513 e. The van der Waals surface area contributed by atoms with Gasteiger partial charge >= 0.3 is 17.9 Å². The number of hydrogen-bond donors (Lipinski definition) is 11. The summed E-state index contributed by atoms with van der Waals surface area (Å²) in [5.41, 5.74) is 5.51. The maximum atomic E-state index is 12.4. The van der Waals surface area contributed by atoms with Crippen LogP contribution in [0.5, 0.6) is 0 Å². The van der Waals surface area contributed by atoms with Crippen LogP contribution in [0, 0.1) is 0 Å². The van der Waals surface area contributed by atoms with E-state index >= 15 is 0 Å². The maximum absolute atomic E-state index is 12.4. The van der Waals surface area contributed by atoms with E-state index in [9.17, 15) is 63.3 Å². The van der Waals surface area contributed by atoms with Crippen molar-refractivity contribution in [1.29, 1.82) is 0 Å². The van der Waals surface area contributed by atoms with Crippen molar-refractivity contribution in [1.82, 2.24) is 31.9 Å². The highest BCUT2D eigenvalue weighted by Gasteiger charge is 2.25. The fraction of sp³-hybridized carbons (Fsp3) is 0.769. The van der Waals surface area contributed by atoms with Crippen molar-refractivity contribution in [3.05, 3.63) is 12.3 Å². The number of carbonyl (C=O) groups is 10. The molecule has 0 aliphatic heterocycles. The third kappa shape index (κ3) is 46.1. The van der Waals surface area contributed by atoms with Crippen molar-refractivity contribution in [2.45, 2.75) is 185 Å². The van der Waals surface area contributed by atoms with Crippen LogP contribution in [0.1, 0.15) is 161 Å². The van der Waals surface area contributed by atoms with Gasteiger partial charge in [-0.05, 0) is 51.4 Å². The quantitative estimate of drug-likeness (QED) is 0.0237. The predicted octanol–water partition coefficient (Wildman–Crippen LogP) is 2.46. The van der Waals surface area contributed by atoms with Crippen LogP contribution in [0.25, 0.3) is 0 Å². The number of allylic oxidation sites excluding steroid dienone is 1. The highest BCUT2D eigenvalue weighted by Crippen LogP contribution is 2.15. The molecule has 0 rings (SSSR count). The minimum absolute atomic E-state index is 0.0419. The lowest BCUT2D eigenvalue weighted by molar-refractivity contribution is -0.144. The van der Waals surface area contributed by atoms with E-state index < -0.39 is 78.7 Å². The summed E-state index contributed by atoms with van der Waals surface area (Å²) in [7, 11) is 0. The van der Waals surface area contributed by atoms with Gasteiger partial charge in [-0.25, -0.2) is 14.4 Å². The van der Waals surface area contributed by atoms with Gasteiger partial charge in [-0.3, -0.25) is 28.8 Å². The predicted molar refractivity (Wildman–Crippen MR) is 282 cm³/mol. The molecule has 25 nitrogen and oxygen atoms in total. The monoisotopic (exact) mass is 1100 g/mol. The Hall–Kier alpha value is -5.76. The van der Waals surface area contributed by atoms with Gasteiger partial charge in [0.25, 0.3) is 0 Å². The number of unbranched alkanes of at least 4 members (excludes halogenated alkanes) is 14. The van der Waals surface area contributed by atoms with Crippen LogP contribution in [-0.4, -0.2) is 177 Å². The van der Waals surface area contributed by atoms with Gasteiger partial charge in [-0.2, -0.15) is 0 Å². The maximum Gasteiger partial charge on any atom is 0.326 e. The Bertz CT molecular complexity index is 1720. The summed E-state index contributed by atoms with van der Waals surface area (Å²) in [6.07, 6.45) is 17.5. The second-order valence-electron chi connectivity index (χ2n) is 18.7. The fourth-order valence-corrected chi connectivity index (χ4v) is 7.43. The minimum atomic E-state index is -1.48. The lowest BCUT2D eigenvalue weighted by Crippen LogP contribution is -2.45. The molecule has 0 radical (unpaired) electrons. The third-order valence-corrected chi connectivity index (χ3v) is 11.8. The minimum Gasteiger partial charge on any atom is -0.513 e. The molecule has 6 amide bonds. The van der Waals surface area contributed by atoms with E-state index in [2.05, 4.69) is 38.5 Å². The molecule has 0 aromatic carbocycles. The normalized spacial score (nSPS) is 12.5. The molecular weight excluding hydrogens is 1010 g/mol. The standard InChI is InChI=1S/C52H91N7O18/c1-39(61)18-14-12-10-8-6-4-2-3-5-7-9-11-13-15-20-46(64)57-41(50(68)69)22-25-45(63)55-28-30-74-32-34-76-37-48(66)56-29-31-75-33-35-77-38-49(67)59-43(52(72)73)23-26-47(65)58-42(51(70)71)21-24-44(62)54-27-17-16-19-40(53)36-60/h36,40-43,61H,1-35,37-38,53H2,(H,54,62)(H,55,63)(H,56,66)(H,57,64)(H,58,65)(H,59,67)(H,68,69)(H,70,71)(H,72,73)/t40-,41-,42-,43?/m0/s1. The number of carboxylic acid groups (broad SMARTS) is 3. The Labute approximate surface area is 453 Å². The summed E-state index contributed by atoms with van der Waals surface area (Å²) < 4.78 is 21.2. The second-order valence-corrected chi connectivity index (χ2v) is 18.7. The molecule has 0 heterocycles. The SMILES string of the molecule is C=C(O)CCCCCCCCCCCCCCCCC(=O)N[C@@H](CCC(=O)NCCOCCOCC(=O)NCCOCCOCC(=O)NC(CCC(=O)N[C@@H](CCC(=O)NCCCC[C@H](N)C=O)C(=O)O)C(=O)O)C(=O)O. The first-order valence-corrected chi connectivity index (χ1v) is 27.2. The summed E-state index contributed by atoms with van der Waals surface area (Å²) in [5, 5.41) is 52.5. The molecule has 1 unspecified atom stereocenters. The van der Waals surface area contributed by atoms with E-state index in [-0.39, 0.29) is 115 Å². The zero-order valence-electron chi connectivity index (χ0n) is 45.1. The van der Waals surface area contributed by atoms with Crippen molar-refractivity contribution < 1.29 is 87.3 Å². The molecule has 25 heteroatoms. The molecule has 4 atom stereocenters. The summed E-state index contributed by atoms with van der Waals surface area (Å²) in [6.45, 7) is 3.85. The van der Waals surface area contributed by atoms with E-state index in [0.717, 1.165) is 32.1 Å². The number of carbonyl (C=O) groups excluding carboxylic acids is 7. The van der Waals surface area contributed by atoms with Gasteiger partial charge in [-0.15, -0.1) is 0 Å². The Balaban J connectivity index is 3.94. The number of carboxylic acids is 3. The van der Waals surface area contributed by atoms with Crippen molar-refractivity contribution in [2.75, 3.05) is 72.5 Å². The van der Waals surface area contributed by atoms with Crippen molar-refractivity contribution in [2.24, 2.45) is 5.73 Å². The van der Waals surface area contributed by atoms with Crippen molar-refractivity contribution in [3.8, 4) is 0 Å². The first-order chi connectivity index (χ1) is 36.9. The van der Waals surface area contributed by atoms with Crippen LogP contribution in [0.15, 0.2) is 12.3 Å². The number of rotatable bonds is 54. The van der Waals surface area contributed by atoms with Gasteiger partial charge in [0, 0.05) is 51.7 Å². The molecule has 0 aliphatic rings. The molecule has 12 N–H and O–H groups in total. The fourth-order valence-electron chi connectivity index (χ4n) is 7.43. The highest BCUT2D eigenvalue weighted by molar-refractivity contribution is 5.87. The first-order valence-electron chi connectivity index (χ1n) is 27.2. The average Bonchev–Trinajstić information content (AvgIpc) is 3.38. The van der Waals surface area contributed by atoms with Crippen LogP contribution in [0.3, 0.4) is 0 Å². The van der Waals surface area contributed by atoms with Crippen LogP contribution < -0.4 is 37.6 Å². The molecule has 0 aromatic rings. The topological polar surface area (TPSA) is 387 Å². The number of nitrogens with one attached hydrogen (secondary N) is 6. The summed E-state index contributed by atoms with van der Waals surface area (Å²) in [6, 6.07) is -4.63. The second kappa shape index (κ2) is 48.6. The first kappa shape index (κ1) is 71.2. The highest BCUT2D eigenvalue weighted by atomic mass is 16.5. The Morgan fingerprint density at radius 1 is 0.390 bits per heavy atom. The van der Waals surface area contributed by atoms with Crippen molar-refractivity contribution >= 4 is 59.6 Å². The van der Waals surface area contributed by atoms with E-state index in [0.29, 0.717) is 44.9 Å². The number of amides is 6. The molecule has 0 saturated heterocycles. The Morgan fingerprint density at radius 3 is 1.17 bits per heavy atom. The number of aliphatic carboxylic acids is 3. The third-order valence-electron chi connectivity index (χ3n) is 11.8. The smallest absolute Gasteiger partial charge is 0.326 e. The molecule has 0 fully saturated rings. The van der Waals surface area contributed by atoms with Gasteiger partial charge in [0.2, 0.25) is 35.4 Å². The summed E-state index contributed by atoms with van der Waals surface area (Å²) in [5.74, 6) is -6.91. The van der Waals surface area contributed by atoms with Gasteiger partial charge in [0.05, 0.1) is 51.4 Å². The molecule has 0 aromatic heterocycles. The van der Waals surface area contributed by atoms with Gasteiger partial charge in [-0.1, -0.05) is 83.6 Å². The molecule has 0 bridgehead atoms. The number of aliphatic hydroxyl groups excluding tert-OH is 1. The van der Waals surface area contributed by atoms with Gasteiger partial charge < -0.3 is 81.8 Å². The van der Waals surface area contributed by atoms with E-state index in [1.807, 2.05) is 0 Å². The van der Waals surface area contributed by atoms with E-state index in [4.69, 9.17) is 29.8 Å². The Kier molecular flexibility index (Phi) is 45.0. The lowest BCUT2D eigenvalue weighted by atomic mass is 10.0. The van der Waals surface area contributed by atoms with Crippen LogP contribution in [-0.2, 0) is 66.9 Å². The number of hydrogen-bond acceptors (Lipinski definition) is 16. The molecule has 0 saturated carbocycles. The molecule has 77 heavy (non-hydrogen) atoms. The van der Waals surface area contributed by atoms with Crippen LogP contribution in [0.2, 0.25) is 0 Å². The van der Waals surface area contributed by atoms with E-state index in [1.165, 1.54) is 51.4 Å². The lowest BCUT2D eigenvalue weighted by Gasteiger charge is -2.17. The summed E-state index contributed by atoms with van der Waals surface area (Å²) in [4.78, 5) is 119. The summed E-state index contributed by atoms with van der Waals surface area (Å²) >= 11 is 0. The van der Waals surface area contributed by atoms with Gasteiger partial charge in [0.1, 0.15) is 37.6 Å². The number of aldehydes is 1. The van der Waals surface area contributed by atoms with Crippen molar-refractivity contribution in [3.63, 3.8) is 0 Å². The van der Waals surface area contributed by atoms with Crippen LogP contribution >= 0.6 is 0 Å².